The first-order valence-corrected chi connectivity index (χ1v) is 4.80. The lowest BCUT2D eigenvalue weighted by atomic mass is 10.1. The van der Waals surface area contributed by atoms with Gasteiger partial charge in [0.15, 0.2) is 0 Å². The molecule has 1 aromatic heterocycles. The topological polar surface area (TPSA) is 38.9 Å². The summed E-state index contributed by atoms with van der Waals surface area (Å²) >= 11 is 0. The Kier molecular flexibility index (Phi) is 2.49. The Labute approximate surface area is 86.9 Å². The van der Waals surface area contributed by atoms with E-state index >= 15 is 0 Å². The number of hydrogen-bond donors (Lipinski definition) is 0. The van der Waals surface area contributed by atoms with E-state index in [0.29, 0.717) is 23.7 Å². The molecular weight excluding hydrogens is 195 g/mol. The van der Waals surface area contributed by atoms with Gasteiger partial charge >= 0.3 is 0 Å². The van der Waals surface area contributed by atoms with Gasteiger partial charge in [0.05, 0.1) is 0 Å². The number of halogens is 1. The molecule has 4 heteroatoms. The van der Waals surface area contributed by atoms with Crippen LogP contribution in [-0.2, 0) is 6.42 Å². The zero-order chi connectivity index (χ0) is 10.8. The highest BCUT2D eigenvalue weighted by Crippen LogP contribution is 2.18. The quantitative estimate of drug-likeness (QED) is 0.758. The second-order valence-electron chi connectivity index (χ2n) is 3.33. The average molecular weight is 206 g/mol. The molecule has 0 amide bonds. The van der Waals surface area contributed by atoms with Crippen molar-refractivity contribution in [3.05, 3.63) is 35.5 Å². The third kappa shape index (κ3) is 1.88. The summed E-state index contributed by atoms with van der Waals surface area (Å²) in [6, 6.07) is 4.76. The zero-order valence-corrected chi connectivity index (χ0v) is 8.62. The molecule has 0 spiro atoms. The Hall–Kier alpha value is -1.71. The van der Waals surface area contributed by atoms with E-state index in [0.717, 1.165) is 5.56 Å². The molecule has 0 unspecified atom stereocenters. The van der Waals surface area contributed by atoms with Crippen molar-refractivity contribution in [2.75, 3.05) is 0 Å². The van der Waals surface area contributed by atoms with Gasteiger partial charge in [0.25, 0.3) is 0 Å². The van der Waals surface area contributed by atoms with E-state index in [4.69, 9.17) is 4.52 Å². The maximum atomic E-state index is 13.0. The molecule has 0 aliphatic heterocycles. The summed E-state index contributed by atoms with van der Waals surface area (Å²) in [7, 11) is 0. The maximum Gasteiger partial charge on any atom is 0.226 e. The fraction of sp³-hybridized carbons (Fsp3) is 0.273. The van der Waals surface area contributed by atoms with Gasteiger partial charge in [0.1, 0.15) is 5.82 Å². The van der Waals surface area contributed by atoms with Crippen LogP contribution < -0.4 is 0 Å². The number of nitrogens with zero attached hydrogens (tertiary/aromatic N) is 2. The molecule has 3 nitrogen and oxygen atoms in total. The van der Waals surface area contributed by atoms with Crippen LogP contribution in [0.1, 0.15) is 18.4 Å². The Morgan fingerprint density at radius 2 is 2.20 bits per heavy atom. The second-order valence-corrected chi connectivity index (χ2v) is 3.33. The minimum atomic E-state index is -0.224. The summed E-state index contributed by atoms with van der Waals surface area (Å²) in [6.07, 6.45) is 0.702. The largest absolute Gasteiger partial charge is 0.339 e. The van der Waals surface area contributed by atoms with E-state index in [-0.39, 0.29) is 5.82 Å². The Morgan fingerprint density at radius 3 is 2.80 bits per heavy atom. The lowest BCUT2D eigenvalue weighted by Gasteiger charge is -1.97. The van der Waals surface area contributed by atoms with Crippen LogP contribution in [0.5, 0.6) is 0 Å². The van der Waals surface area contributed by atoms with E-state index in [2.05, 4.69) is 10.1 Å². The van der Waals surface area contributed by atoms with Gasteiger partial charge in [0, 0.05) is 12.0 Å². The lowest BCUT2D eigenvalue weighted by Crippen LogP contribution is -1.86. The van der Waals surface area contributed by atoms with Gasteiger partial charge in [-0.1, -0.05) is 12.1 Å². The Morgan fingerprint density at radius 1 is 1.40 bits per heavy atom. The second kappa shape index (κ2) is 3.81. The summed E-state index contributed by atoms with van der Waals surface area (Å²) in [4.78, 5) is 4.17. The van der Waals surface area contributed by atoms with Crippen LogP contribution in [0, 0.1) is 12.7 Å². The van der Waals surface area contributed by atoms with Crippen molar-refractivity contribution in [1.29, 1.82) is 0 Å². The van der Waals surface area contributed by atoms with Crippen molar-refractivity contribution in [2.24, 2.45) is 0 Å². The first-order valence-electron chi connectivity index (χ1n) is 4.80. The summed E-state index contributed by atoms with van der Waals surface area (Å²) in [5.74, 6) is 0.875. The van der Waals surface area contributed by atoms with Crippen molar-refractivity contribution in [2.45, 2.75) is 20.3 Å². The van der Waals surface area contributed by atoms with Crippen LogP contribution in [-0.4, -0.2) is 10.1 Å². The molecule has 0 bridgehead atoms. The summed E-state index contributed by atoms with van der Waals surface area (Å²) in [5.41, 5.74) is 1.35. The normalized spacial score (nSPS) is 10.6. The smallest absolute Gasteiger partial charge is 0.226 e. The van der Waals surface area contributed by atoms with Gasteiger partial charge in [-0.25, -0.2) is 4.39 Å². The lowest BCUT2D eigenvalue weighted by molar-refractivity contribution is 0.383. The molecule has 78 valence electrons. The van der Waals surface area contributed by atoms with E-state index in [1.165, 1.54) is 6.07 Å². The zero-order valence-electron chi connectivity index (χ0n) is 8.62. The molecule has 0 fully saturated rings. The summed E-state index contributed by atoms with van der Waals surface area (Å²) in [5, 5.41) is 3.82. The number of rotatable bonds is 2. The first-order chi connectivity index (χ1) is 7.20. The molecule has 0 atom stereocenters. The van der Waals surface area contributed by atoms with Crippen molar-refractivity contribution >= 4 is 0 Å². The van der Waals surface area contributed by atoms with Crippen LogP contribution >= 0.6 is 0 Å². The summed E-state index contributed by atoms with van der Waals surface area (Å²) in [6.45, 7) is 3.65. The molecular formula is C11H11FN2O. The van der Waals surface area contributed by atoms with Crippen molar-refractivity contribution in [3.8, 4) is 11.4 Å². The van der Waals surface area contributed by atoms with Gasteiger partial charge in [-0.15, -0.1) is 0 Å². The number of aromatic nitrogens is 2. The molecule has 0 aliphatic rings. The molecule has 1 aromatic carbocycles. The Balaban J connectivity index is 2.40. The van der Waals surface area contributed by atoms with Gasteiger partial charge in [-0.3, -0.25) is 0 Å². The van der Waals surface area contributed by atoms with Crippen LogP contribution in [0.3, 0.4) is 0 Å². The molecule has 2 rings (SSSR count). The molecule has 1 heterocycles. The van der Waals surface area contributed by atoms with Gasteiger partial charge in [-0.05, 0) is 30.7 Å². The predicted molar refractivity (Wildman–Crippen MR) is 53.8 cm³/mol. The van der Waals surface area contributed by atoms with Gasteiger partial charge in [-0.2, -0.15) is 4.98 Å². The van der Waals surface area contributed by atoms with Crippen molar-refractivity contribution < 1.29 is 8.91 Å². The standard InChI is InChI=1S/C11H11FN2O/c1-3-10-13-11(14-15-10)8-4-5-9(12)7(2)6-8/h4-6H,3H2,1-2H3. The van der Waals surface area contributed by atoms with E-state index in [1.807, 2.05) is 6.92 Å². The predicted octanol–water partition coefficient (Wildman–Crippen LogP) is 2.75. The molecule has 0 N–H and O–H groups in total. The van der Waals surface area contributed by atoms with Crippen LogP contribution in [0.15, 0.2) is 22.7 Å². The van der Waals surface area contributed by atoms with Crippen LogP contribution in [0.2, 0.25) is 0 Å². The Bertz CT molecular complexity index is 479. The monoisotopic (exact) mass is 206 g/mol. The molecule has 0 saturated carbocycles. The average Bonchev–Trinajstić information content (AvgIpc) is 2.70. The first kappa shape index (κ1) is 9.83. The van der Waals surface area contributed by atoms with Gasteiger partial charge < -0.3 is 4.52 Å². The minimum Gasteiger partial charge on any atom is -0.339 e. The highest BCUT2D eigenvalue weighted by atomic mass is 19.1. The molecule has 0 radical (unpaired) electrons. The molecule has 2 aromatic rings. The third-order valence-corrected chi connectivity index (χ3v) is 2.19. The van der Waals surface area contributed by atoms with Crippen LogP contribution in [0.4, 0.5) is 4.39 Å². The number of benzene rings is 1. The number of aryl methyl sites for hydroxylation is 2. The van der Waals surface area contributed by atoms with E-state index in [9.17, 15) is 4.39 Å². The number of hydrogen-bond acceptors (Lipinski definition) is 3. The van der Waals surface area contributed by atoms with E-state index < -0.39 is 0 Å². The SMILES string of the molecule is CCc1nc(-c2ccc(F)c(C)c2)no1. The fourth-order valence-corrected chi connectivity index (χ4v) is 1.30. The highest BCUT2D eigenvalue weighted by molar-refractivity contribution is 5.55. The maximum absolute atomic E-state index is 13.0. The summed E-state index contributed by atoms with van der Waals surface area (Å²) < 4.78 is 18.0. The van der Waals surface area contributed by atoms with Crippen molar-refractivity contribution in [3.63, 3.8) is 0 Å². The highest BCUT2D eigenvalue weighted by Gasteiger charge is 2.08. The van der Waals surface area contributed by atoms with Gasteiger partial charge in [0.2, 0.25) is 11.7 Å². The molecule has 0 saturated heterocycles. The van der Waals surface area contributed by atoms with E-state index in [1.54, 1.807) is 19.1 Å². The van der Waals surface area contributed by atoms with Crippen LogP contribution in [0.25, 0.3) is 11.4 Å². The molecule has 0 aliphatic carbocycles. The third-order valence-electron chi connectivity index (χ3n) is 2.19. The fourth-order valence-electron chi connectivity index (χ4n) is 1.30. The minimum absolute atomic E-state index is 0.224. The van der Waals surface area contributed by atoms with Crippen molar-refractivity contribution in [1.82, 2.24) is 10.1 Å². The molecule has 15 heavy (non-hydrogen) atoms.